The zero-order valence-electron chi connectivity index (χ0n) is 8.01. The molecule has 0 spiro atoms. The van der Waals surface area contributed by atoms with E-state index in [-0.39, 0.29) is 5.75 Å². The number of methoxy groups -OCH3 is 1. The third kappa shape index (κ3) is 1.89. The number of hydrogen-bond donors (Lipinski definition) is 1. The van der Waals surface area contributed by atoms with Crippen LogP contribution in [0.15, 0.2) is 30.6 Å². The van der Waals surface area contributed by atoms with Crippen LogP contribution in [0.25, 0.3) is 5.69 Å². The van der Waals surface area contributed by atoms with Gasteiger partial charge in [-0.15, -0.1) is 0 Å². The summed E-state index contributed by atoms with van der Waals surface area (Å²) in [4.78, 5) is 0. The molecule has 0 fully saturated rings. The number of aromatic hydroxyl groups is 1. The number of halogens is 1. The fourth-order valence-corrected chi connectivity index (χ4v) is 1.43. The molecule has 1 aromatic heterocycles. The molecule has 0 atom stereocenters. The maximum atomic E-state index is 9.37. The first-order valence-electron chi connectivity index (χ1n) is 4.28. The van der Waals surface area contributed by atoms with Gasteiger partial charge in [0.25, 0.3) is 0 Å². The molecule has 15 heavy (non-hydrogen) atoms. The second kappa shape index (κ2) is 3.82. The van der Waals surface area contributed by atoms with E-state index in [1.165, 1.54) is 6.20 Å². The lowest BCUT2D eigenvalue weighted by Crippen LogP contribution is -1.97. The van der Waals surface area contributed by atoms with Gasteiger partial charge in [0.1, 0.15) is 17.2 Å². The molecule has 2 rings (SSSR count). The molecule has 5 heteroatoms. The Kier molecular flexibility index (Phi) is 2.51. The maximum Gasteiger partial charge on any atom is 0.144 e. The number of nitrogens with zero attached hydrogens (tertiary/aromatic N) is 2. The number of ether oxygens (including phenoxy) is 1. The highest BCUT2D eigenvalue weighted by molar-refractivity contribution is 6.30. The van der Waals surface area contributed by atoms with E-state index < -0.39 is 0 Å². The van der Waals surface area contributed by atoms with Gasteiger partial charge in [-0.25, -0.2) is 4.68 Å². The summed E-state index contributed by atoms with van der Waals surface area (Å²) in [5.74, 6) is 0.769. The van der Waals surface area contributed by atoms with Crippen LogP contribution >= 0.6 is 11.6 Å². The van der Waals surface area contributed by atoms with Gasteiger partial charge in [-0.2, -0.15) is 5.10 Å². The fourth-order valence-electron chi connectivity index (χ4n) is 1.29. The second-order valence-electron chi connectivity index (χ2n) is 2.96. The quantitative estimate of drug-likeness (QED) is 0.851. The molecule has 1 aromatic carbocycles. The van der Waals surface area contributed by atoms with Crippen LogP contribution in [-0.2, 0) is 0 Å². The Bertz CT molecular complexity index is 482. The zero-order chi connectivity index (χ0) is 10.8. The van der Waals surface area contributed by atoms with Crippen LogP contribution in [0.1, 0.15) is 0 Å². The second-order valence-corrected chi connectivity index (χ2v) is 3.40. The van der Waals surface area contributed by atoms with E-state index in [2.05, 4.69) is 5.10 Å². The lowest BCUT2D eigenvalue weighted by molar-refractivity contribution is 0.409. The average Bonchev–Trinajstić information content (AvgIpc) is 2.65. The van der Waals surface area contributed by atoms with Gasteiger partial charge in [0.2, 0.25) is 0 Å². The molecule has 1 N–H and O–H groups in total. The molecular weight excluding hydrogens is 216 g/mol. The first-order chi connectivity index (χ1) is 7.20. The summed E-state index contributed by atoms with van der Waals surface area (Å²) in [5.41, 5.74) is 0.643. The summed E-state index contributed by atoms with van der Waals surface area (Å²) in [6.07, 6.45) is 3.16. The summed E-state index contributed by atoms with van der Waals surface area (Å²) in [7, 11) is 1.56. The minimum absolute atomic E-state index is 0.150. The molecule has 2 aromatic rings. The van der Waals surface area contributed by atoms with E-state index >= 15 is 0 Å². The topological polar surface area (TPSA) is 47.3 Å². The Morgan fingerprint density at radius 3 is 2.87 bits per heavy atom. The van der Waals surface area contributed by atoms with Crippen molar-refractivity contribution in [3.8, 4) is 17.2 Å². The van der Waals surface area contributed by atoms with Gasteiger partial charge >= 0.3 is 0 Å². The molecular formula is C10H9ClN2O2. The molecule has 4 nitrogen and oxygen atoms in total. The summed E-state index contributed by atoms with van der Waals surface area (Å²) in [6.45, 7) is 0. The molecule has 0 amide bonds. The first kappa shape index (κ1) is 9.86. The van der Waals surface area contributed by atoms with Crippen LogP contribution in [0.2, 0.25) is 5.02 Å². The molecule has 0 saturated carbocycles. The van der Waals surface area contributed by atoms with Gasteiger partial charge in [-0.3, -0.25) is 0 Å². The van der Waals surface area contributed by atoms with E-state index in [1.807, 2.05) is 0 Å². The zero-order valence-corrected chi connectivity index (χ0v) is 8.77. The minimum Gasteiger partial charge on any atom is -0.508 e. The standard InChI is InChI=1S/C10H9ClN2O2/c1-15-10-3-2-8(14)4-9(10)13-6-7(11)5-12-13/h2-6,14H,1H3. The molecule has 0 aliphatic rings. The number of rotatable bonds is 2. The van der Waals surface area contributed by atoms with Crippen molar-refractivity contribution in [2.24, 2.45) is 0 Å². The average molecular weight is 225 g/mol. The highest BCUT2D eigenvalue weighted by atomic mass is 35.5. The molecule has 0 aliphatic heterocycles. The van der Waals surface area contributed by atoms with Gasteiger partial charge in [-0.05, 0) is 12.1 Å². The fraction of sp³-hybridized carbons (Fsp3) is 0.100. The van der Waals surface area contributed by atoms with Crippen molar-refractivity contribution in [3.05, 3.63) is 35.6 Å². The van der Waals surface area contributed by atoms with Crippen LogP contribution in [-0.4, -0.2) is 22.0 Å². The van der Waals surface area contributed by atoms with E-state index in [1.54, 1.807) is 36.2 Å². The molecule has 0 saturated heterocycles. The Morgan fingerprint density at radius 2 is 2.27 bits per heavy atom. The van der Waals surface area contributed by atoms with E-state index in [4.69, 9.17) is 16.3 Å². The van der Waals surface area contributed by atoms with E-state index in [0.717, 1.165) is 0 Å². The van der Waals surface area contributed by atoms with E-state index in [9.17, 15) is 5.11 Å². The van der Waals surface area contributed by atoms with Crippen molar-refractivity contribution in [2.45, 2.75) is 0 Å². The molecule has 0 unspecified atom stereocenters. The maximum absolute atomic E-state index is 9.37. The van der Waals surface area contributed by atoms with Crippen molar-refractivity contribution in [1.29, 1.82) is 0 Å². The summed E-state index contributed by atoms with van der Waals surface area (Å²) >= 11 is 5.76. The Labute approximate surface area is 91.7 Å². The van der Waals surface area contributed by atoms with Gasteiger partial charge in [0, 0.05) is 12.3 Å². The Hall–Kier alpha value is -1.68. The highest BCUT2D eigenvalue weighted by Crippen LogP contribution is 2.26. The predicted octanol–water partition coefficient (Wildman–Crippen LogP) is 2.24. The SMILES string of the molecule is COc1ccc(O)cc1-n1cc(Cl)cn1. The number of aromatic nitrogens is 2. The van der Waals surface area contributed by atoms with Crippen molar-refractivity contribution < 1.29 is 9.84 Å². The minimum atomic E-state index is 0.150. The summed E-state index contributed by atoms with van der Waals surface area (Å²) < 4.78 is 6.69. The first-order valence-corrected chi connectivity index (χ1v) is 4.66. The normalized spacial score (nSPS) is 10.3. The van der Waals surface area contributed by atoms with E-state index in [0.29, 0.717) is 16.5 Å². The highest BCUT2D eigenvalue weighted by Gasteiger charge is 2.07. The molecule has 0 radical (unpaired) electrons. The number of phenols is 1. The van der Waals surface area contributed by atoms with Gasteiger partial charge < -0.3 is 9.84 Å². The van der Waals surface area contributed by atoms with Crippen LogP contribution in [0, 0.1) is 0 Å². The molecule has 1 heterocycles. The molecule has 0 bridgehead atoms. The number of hydrogen-bond acceptors (Lipinski definition) is 3. The van der Waals surface area contributed by atoms with Gasteiger partial charge in [0.05, 0.1) is 18.3 Å². The van der Waals surface area contributed by atoms with Crippen LogP contribution in [0.5, 0.6) is 11.5 Å². The van der Waals surface area contributed by atoms with Crippen LogP contribution in [0.4, 0.5) is 0 Å². The Morgan fingerprint density at radius 1 is 1.47 bits per heavy atom. The van der Waals surface area contributed by atoms with Crippen LogP contribution < -0.4 is 4.74 Å². The van der Waals surface area contributed by atoms with Crippen molar-refractivity contribution in [3.63, 3.8) is 0 Å². The van der Waals surface area contributed by atoms with Crippen molar-refractivity contribution in [2.75, 3.05) is 7.11 Å². The lowest BCUT2D eigenvalue weighted by Gasteiger charge is -2.08. The van der Waals surface area contributed by atoms with Crippen molar-refractivity contribution in [1.82, 2.24) is 9.78 Å². The van der Waals surface area contributed by atoms with Crippen LogP contribution in [0.3, 0.4) is 0 Å². The molecule has 78 valence electrons. The number of benzene rings is 1. The Balaban J connectivity index is 2.55. The van der Waals surface area contributed by atoms with Crippen molar-refractivity contribution >= 4 is 11.6 Å². The number of phenolic OH excluding ortho intramolecular Hbond substituents is 1. The lowest BCUT2D eigenvalue weighted by atomic mass is 10.3. The summed E-state index contributed by atoms with van der Waals surface area (Å²) in [6, 6.07) is 4.77. The third-order valence-electron chi connectivity index (χ3n) is 1.96. The predicted molar refractivity (Wildman–Crippen MR) is 56.8 cm³/mol. The monoisotopic (exact) mass is 224 g/mol. The smallest absolute Gasteiger partial charge is 0.144 e. The molecule has 0 aliphatic carbocycles. The van der Waals surface area contributed by atoms with Gasteiger partial charge in [0.15, 0.2) is 0 Å². The summed E-state index contributed by atoms with van der Waals surface area (Å²) in [5, 5.41) is 13.9. The largest absolute Gasteiger partial charge is 0.508 e. The van der Waals surface area contributed by atoms with Gasteiger partial charge in [-0.1, -0.05) is 11.6 Å². The third-order valence-corrected chi connectivity index (χ3v) is 2.16.